The molecular weight excluding hydrogens is 370 g/mol. The van der Waals surface area contributed by atoms with Crippen molar-refractivity contribution in [1.82, 2.24) is 0 Å². The molecule has 0 radical (unpaired) electrons. The van der Waals surface area contributed by atoms with Crippen molar-refractivity contribution in [2.45, 2.75) is 4.90 Å². The maximum absolute atomic E-state index is 12.3. The van der Waals surface area contributed by atoms with Crippen LogP contribution in [0.5, 0.6) is 5.75 Å². The van der Waals surface area contributed by atoms with Crippen LogP contribution in [0.3, 0.4) is 0 Å². The topological polar surface area (TPSA) is 83.3 Å². The van der Waals surface area contributed by atoms with Gasteiger partial charge in [0, 0.05) is 21.0 Å². The molecule has 2 aromatic rings. The average Bonchev–Trinajstić information content (AvgIpc) is 2.79. The van der Waals surface area contributed by atoms with Crippen LogP contribution < -0.4 is 5.11 Å². The van der Waals surface area contributed by atoms with Crippen LogP contribution in [0, 0.1) is 10.1 Å². The van der Waals surface area contributed by atoms with Crippen molar-refractivity contribution in [1.29, 1.82) is 0 Å². The Morgan fingerprint density at radius 1 is 1.23 bits per heavy atom. The highest BCUT2D eigenvalue weighted by Crippen LogP contribution is 2.42. The first kappa shape index (κ1) is 14.8. The number of ketones is 1. The number of nitro groups is 1. The Morgan fingerprint density at radius 2 is 1.95 bits per heavy atom. The number of halogens is 1. The van der Waals surface area contributed by atoms with Gasteiger partial charge in [0.05, 0.1) is 9.83 Å². The second kappa shape index (κ2) is 5.58. The average molecular weight is 377 g/mol. The number of nitro benzene ring substituents is 1. The van der Waals surface area contributed by atoms with Crippen molar-refractivity contribution in [3.05, 3.63) is 67.0 Å². The van der Waals surface area contributed by atoms with E-state index in [1.54, 1.807) is 12.1 Å². The SMILES string of the molecule is O=C1C(=Cc2cc(Br)cc([N+](=O)[O-])c2[O-])Sc2ccccc21. The summed E-state index contributed by atoms with van der Waals surface area (Å²) in [5.74, 6) is -0.882. The molecule has 0 saturated heterocycles. The molecule has 0 saturated carbocycles. The Morgan fingerprint density at radius 3 is 2.64 bits per heavy atom. The summed E-state index contributed by atoms with van der Waals surface area (Å²) in [6.45, 7) is 0. The Balaban J connectivity index is 2.08. The molecule has 2 aromatic carbocycles. The van der Waals surface area contributed by atoms with Gasteiger partial charge < -0.3 is 5.11 Å². The van der Waals surface area contributed by atoms with E-state index in [4.69, 9.17) is 0 Å². The van der Waals surface area contributed by atoms with Gasteiger partial charge in [0.15, 0.2) is 0 Å². The van der Waals surface area contributed by atoms with Crippen molar-refractivity contribution >= 4 is 45.2 Å². The first-order valence-corrected chi connectivity index (χ1v) is 7.76. The molecule has 0 spiro atoms. The third-order valence-corrected chi connectivity index (χ3v) is 4.68. The molecule has 0 aromatic heterocycles. The highest BCUT2D eigenvalue weighted by molar-refractivity contribution is 9.10. The minimum absolute atomic E-state index is 0.115. The molecule has 7 heteroatoms. The van der Waals surface area contributed by atoms with Crippen LogP contribution in [-0.2, 0) is 0 Å². The Hall–Kier alpha value is -2.12. The molecule has 22 heavy (non-hydrogen) atoms. The van der Waals surface area contributed by atoms with Crippen molar-refractivity contribution in [3.63, 3.8) is 0 Å². The van der Waals surface area contributed by atoms with E-state index in [-0.39, 0.29) is 11.3 Å². The van der Waals surface area contributed by atoms with Crippen LogP contribution in [-0.4, -0.2) is 10.7 Å². The highest BCUT2D eigenvalue weighted by Gasteiger charge is 2.25. The molecular formula is C15H7BrNO4S-. The maximum atomic E-state index is 12.3. The monoisotopic (exact) mass is 376 g/mol. The van der Waals surface area contributed by atoms with E-state index in [9.17, 15) is 20.0 Å². The second-order valence-electron chi connectivity index (χ2n) is 4.54. The fraction of sp³-hybridized carbons (Fsp3) is 0. The van der Waals surface area contributed by atoms with Gasteiger partial charge in [0.2, 0.25) is 5.78 Å². The smallest absolute Gasteiger partial charge is 0.263 e. The number of rotatable bonds is 2. The molecule has 110 valence electrons. The lowest BCUT2D eigenvalue weighted by Gasteiger charge is -2.11. The zero-order chi connectivity index (χ0) is 15.9. The lowest BCUT2D eigenvalue weighted by Crippen LogP contribution is -2.01. The van der Waals surface area contributed by atoms with Gasteiger partial charge >= 0.3 is 0 Å². The summed E-state index contributed by atoms with van der Waals surface area (Å²) in [7, 11) is 0. The molecule has 0 atom stereocenters. The van der Waals surface area contributed by atoms with E-state index >= 15 is 0 Å². The van der Waals surface area contributed by atoms with E-state index in [0.29, 0.717) is 14.9 Å². The molecule has 0 bridgehead atoms. The summed E-state index contributed by atoms with van der Waals surface area (Å²) in [5.41, 5.74) is 0.176. The third kappa shape index (κ3) is 2.53. The third-order valence-electron chi connectivity index (χ3n) is 3.12. The van der Waals surface area contributed by atoms with Gasteiger partial charge in [-0.3, -0.25) is 14.9 Å². The molecule has 1 aliphatic rings. The lowest BCUT2D eigenvalue weighted by atomic mass is 10.1. The quantitative estimate of drug-likeness (QED) is 0.452. The number of carbonyl (C=O) groups excluding carboxylic acids is 1. The number of benzene rings is 2. The number of nitrogens with zero attached hydrogens (tertiary/aromatic N) is 1. The number of hydrogen-bond donors (Lipinski definition) is 0. The van der Waals surface area contributed by atoms with Crippen molar-refractivity contribution < 1.29 is 14.8 Å². The minimum atomic E-state index is -0.729. The number of allylic oxidation sites excluding steroid dienone is 1. The number of hydrogen-bond acceptors (Lipinski definition) is 5. The Labute approximate surface area is 137 Å². The van der Waals surface area contributed by atoms with Gasteiger partial charge in [-0.05, 0) is 35.6 Å². The first-order valence-electron chi connectivity index (χ1n) is 6.15. The second-order valence-corrected chi connectivity index (χ2v) is 6.54. The molecule has 0 N–H and O–H groups in total. The van der Waals surface area contributed by atoms with Gasteiger partial charge in [-0.1, -0.05) is 39.8 Å². The Bertz CT molecular complexity index is 847. The molecule has 0 unspecified atom stereocenters. The summed E-state index contributed by atoms with van der Waals surface area (Å²) in [6, 6.07) is 9.75. The minimum Gasteiger partial charge on any atom is -0.867 e. The van der Waals surface area contributed by atoms with Crippen LogP contribution in [0.2, 0.25) is 0 Å². The molecule has 3 rings (SSSR count). The van der Waals surface area contributed by atoms with Crippen LogP contribution in [0.4, 0.5) is 5.69 Å². The fourth-order valence-electron chi connectivity index (χ4n) is 2.12. The van der Waals surface area contributed by atoms with Crippen molar-refractivity contribution in [3.8, 4) is 5.75 Å². The first-order chi connectivity index (χ1) is 10.5. The van der Waals surface area contributed by atoms with Gasteiger partial charge in [-0.2, -0.15) is 0 Å². The van der Waals surface area contributed by atoms with E-state index in [1.807, 2.05) is 12.1 Å². The number of thioether (sulfide) groups is 1. The maximum Gasteiger partial charge on any atom is 0.263 e. The normalized spacial score (nSPS) is 15.1. The van der Waals surface area contributed by atoms with Crippen LogP contribution in [0.15, 0.2) is 50.7 Å². The van der Waals surface area contributed by atoms with E-state index in [1.165, 1.54) is 23.9 Å². The molecule has 1 aliphatic heterocycles. The predicted octanol–water partition coefficient (Wildman–Crippen LogP) is 3.76. The van der Waals surface area contributed by atoms with E-state index in [0.717, 1.165) is 11.0 Å². The summed E-state index contributed by atoms with van der Waals surface area (Å²) in [4.78, 5) is 23.6. The largest absolute Gasteiger partial charge is 0.867 e. The number of Topliss-reactive ketones (excluding diaryl/α,β-unsaturated/α-hetero) is 1. The van der Waals surface area contributed by atoms with Gasteiger partial charge in [-0.15, -0.1) is 0 Å². The van der Waals surface area contributed by atoms with Gasteiger partial charge in [0.1, 0.15) is 0 Å². The molecule has 0 aliphatic carbocycles. The lowest BCUT2D eigenvalue weighted by molar-refractivity contribution is -0.398. The highest BCUT2D eigenvalue weighted by atomic mass is 79.9. The zero-order valence-electron chi connectivity index (χ0n) is 10.9. The summed E-state index contributed by atoms with van der Waals surface area (Å²) < 4.78 is 0.415. The summed E-state index contributed by atoms with van der Waals surface area (Å²) in [5, 5.41) is 23.0. The van der Waals surface area contributed by atoms with Crippen LogP contribution in [0.1, 0.15) is 15.9 Å². The van der Waals surface area contributed by atoms with E-state index < -0.39 is 16.4 Å². The summed E-state index contributed by atoms with van der Waals surface area (Å²) >= 11 is 4.40. The van der Waals surface area contributed by atoms with Crippen molar-refractivity contribution in [2.24, 2.45) is 0 Å². The standard InChI is InChI=1S/C15H8BrNO4S/c16-9-5-8(14(18)11(7-9)17(20)21)6-13-15(19)10-3-1-2-4-12(10)22-13/h1-7,18H/p-1. The Kier molecular flexibility index (Phi) is 3.76. The van der Waals surface area contributed by atoms with Crippen LogP contribution >= 0.6 is 27.7 Å². The van der Waals surface area contributed by atoms with Crippen molar-refractivity contribution in [2.75, 3.05) is 0 Å². The number of fused-ring (bicyclic) bond motifs is 1. The molecule has 0 fully saturated rings. The van der Waals surface area contributed by atoms with E-state index in [2.05, 4.69) is 15.9 Å². The van der Waals surface area contributed by atoms with Gasteiger partial charge in [-0.25, -0.2) is 0 Å². The number of carbonyl (C=O) groups is 1. The van der Waals surface area contributed by atoms with Crippen LogP contribution in [0.25, 0.3) is 6.08 Å². The zero-order valence-corrected chi connectivity index (χ0v) is 13.3. The van der Waals surface area contributed by atoms with Gasteiger partial charge in [0.25, 0.3) is 5.69 Å². The fourth-order valence-corrected chi connectivity index (χ4v) is 3.63. The molecule has 5 nitrogen and oxygen atoms in total. The summed E-state index contributed by atoms with van der Waals surface area (Å²) in [6.07, 6.45) is 1.41. The predicted molar refractivity (Wildman–Crippen MR) is 84.8 cm³/mol. The molecule has 0 amide bonds. The molecule has 1 heterocycles.